The van der Waals surface area contributed by atoms with Gasteiger partial charge in [0.15, 0.2) is 9.84 Å². The van der Waals surface area contributed by atoms with Crippen molar-refractivity contribution in [2.45, 2.75) is 30.9 Å². The van der Waals surface area contributed by atoms with Crippen LogP contribution in [0, 0.1) is 12.8 Å². The molecule has 0 saturated carbocycles. The molecule has 0 aliphatic rings. The Morgan fingerprint density at radius 1 is 1.18 bits per heavy atom. The molecule has 0 spiro atoms. The van der Waals surface area contributed by atoms with E-state index in [1.165, 1.54) is 26.0 Å². The number of carboxylic acid groups (broad SMARTS) is 1. The van der Waals surface area contributed by atoms with Gasteiger partial charge in [0.25, 0.3) is 0 Å². The molecule has 0 saturated heterocycles. The van der Waals surface area contributed by atoms with E-state index in [2.05, 4.69) is 0 Å². The fourth-order valence-electron chi connectivity index (χ4n) is 1.41. The summed E-state index contributed by atoms with van der Waals surface area (Å²) < 4.78 is 24.3. The largest absolute Gasteiger partial charge is 0.481 e. The topological polar surface area (TPSA) is 71.4 Å². The normalized spacial score (nSPS) is 15.2. The minimum atomic E-state index is -3.58. The molecule has 0 amide bonds. The Balaban J connectivity index is 3.11. The molecular formula is C12H16O4S. The van der Waals surface area contributed by atoms with E-state index < -0.39 is 27.0 Å². The van der Waals surface area contributed by atoms with E-state index in [1.807, 2.05) is 6.92 Å². The van der Waals surface area contributed by atoms with Gasteiger partial charge in [0.2, 0.25) is 0 Å². The third-order valence-corrected chi connectivity index (χ3v) is 5.25. The quantitative estimate of drug-likeness (QED) is 0.892. The van der Waals surface area contributed by atoms with Gasteiger partial charge in [-0.1, -0.05) is 24.6 Å². The molecular weight excluding hydrogens is 240 g/mol. The predicted octanol–water partition coefficient (Wildman–Crippen LogP) is 1.88. The summed E-state index contributed by atoms with van der Waals surface area (Å²) >= 11 is 0. The van der Waals surface area contributed by atoms with Crippen molar-refractivity contribution in [1.82, 2.24) is 0 Å². The number of benzene rings is 1. The van der Waals surface area contributed by atoms with Crippen LogP contribution in [0.2, 0.25) is 0 Å². The summed E-state index contributed by atoms with van der Waals surface area (Å²) in [5.74, 6) is -2.03. The summed E-state index contributed by atoms with van der Waals surface area (Å²) in [5.41, 5.74) is 0.961. The minimum absolute atomic E-state index is 0.170. The van der Waals surface area contributed by atoms with Crippen LogP contribution in [0.1, 0.15) is 19.4 Å². The van der Waals surface area contributed by atoms with Crippen molar-refractivity contribution in [2.24, 2.45) is 5.92 Å². The van der Waals surface area contributed by atoms with Crippen LogP contribution in [0.3, 0.4) is 0 Å². The Morgan fingerprint density at radius 3 is 2.06 bits per heavy atom. The van der Waals surface area contributed by atoms with Crippen LogP contribution in [0.15, 0.2) is 29.2 Å². The fourth-order valence-corrected chi connectivity index (χ4v) is 3.01. The van der Waals surface area contributed by atoms with E-state index in [0.717, 1.165) is 5.56 Å². The first-order valence-electron chi connectivity index (χ1n) is 5.30. The lowest BCUT2D eigenvalue weighted by Gasteiger charge is -2.16. The van der Waals surface area contributed by atoms with Crippen molar-refractivity contribution in [3.63, 3.8) is 0 Å². The number of carboxylic acids is 1. The van der Waals surface area contributed by atoms with Gasteiger partial charge in [0.1, 0.15) is 0 Å². The minimum Gasteiger partial charge on any atom is -0.481 e. The summed E-state index contributed by atoms with van der Waals surface area (Å²) in [7, 11) is -3.58. The highest BCUT2D eigenvalue weighted by Gasteiger charge is 2.32. The van der Waals surface area contributed by atoms with Gasteiger partial charge in [-0.3, -0.25) is 4.79 Å². The Labute approximate surface area is 101 Å². The number of hydrogen-bond donors (Lipinski definition) is 1. The molecule has 4 nitrogen and oxygen atoms in total. The maximum absolute atomic E-state index is 12.1. The van der Waals surface area contributed by atoms with Crippen LogP contribution in [0.25, 0.3) is 0 Å². The van der Waals surface area contributed by atoms with Crippen molar-refractivity contribution in [3.05, 3.63) is 29.8 Å². The number of hydrogen-bond acceptors (Lipinski definition) is 3. The van der Waals surface area contributed by atoms with E-state index in [9.17, 15) is 13.2 Å². The van der Waals surface area contributed by atoms with E-state index in [0.29, 0.717) is 0 Å². The van der Waals surface area contributed by atoms with Gasteiger partial charge >= 0.3 is 5.97 Å². The molecule has 1 rings (SSSR count). The molecule has 2 unspecified atom stereocenters. The molecule has 0 heterocycles. The van der Waals surface area contributed by atoms with Crippen molar-refractivity contribution in [3.8, 4) is 0 Å². The molecule has 0 bridgehead atoms. The molecule has 5 heteroatoms. The monoisotopic (exact) mass is 256 g/mol. The molecule has 94 valence electrons. The summed E-state index contributed by atoms with van der Waals surface area (Å²) in [6.07, 6.45) is 0. The van der Waals surface area contributed by atoms with Crippen molar-refractivity contribution >= 4 is 15.8 Å². The standard InChI is InChI=1S/C12H16O4S/c1-8-4-6-11(7-5-8)17(15,16)10(3)9(2)12(13)14/h4-7,9-10H,1-3H3,(H,13,14). The third kappa shape index (κ3) is 2.85. The maximum atomic E-state index is 12.1. The maximum Gasteiger partial charge on any atom is 0.307 e. The van der Waals surface area contributed by atoms with Crippen LogP contribution in [-0.4, -0.2) is 24.7 Å². The predicted molar refractivity (Wildman–Crippen MR) is 64.6 cm³/mol. The first-order valence-corrected chi connectivity index (χ1v) is 6.85. The molecule has 0 aliphatic carbocycles. The molecule has 0 fully saturated rings. The first kappa shape index (κ1) is 13.7. The van der Waals surface area contributed by atoms with Crippen molar-refractivity contribution < 1.29 is 18.3 Å². The van der Waals surface area contributed by atoms with Crippen LogP contribution >= 0.6 is 0 Å². The van der Waals surface area contributed by atoms with Gasteiger partial charge in [-0.2, -0.15) is 0 Å². The molecule has 0 aliphatic heterocycles. The SMILES string of the molecule is Cc1ccc(S(=O)(=O)C(C)C(C)C(=O)O)cc1. The van der Waals surface area contributed by atoms with Crippen LogP contribution in [0.5, 0.6) is 0 Å². The van der Waals surface area contributed by atoms with Gasteiger partial charge in [-0.05, 0) is 26.0 Å². The first-order chi connectivity index (χ1) is 7.76. The smallest absolute Gasteiger partial charge is 0.307 e. The van der Waals surface area contributed by atoms with Crippen molar-refractivity contribution in [1.29, 1.82) is 0 Å². The summed E-state index contributed by atoms with van der Waals surface area (Å²) in [5, 5.41) is 7.90. The highest BCUT2D eigenvalue weighted by atomic mass is 32.2. The molecule has 2 atom stereocenters. The number of rotatable bonds is 4. The van der Waals surface area contributed by atoms with Gasteiger partial charge < -0.3 is 5.11 Å². The third-order valence-electron chi connectivity index (χ3n) is 2.93. The summed E-state index contributed by atoms with van der Waals surface area (Å²) in [4.78, 5) is 11.0. The number of aryl methyl sites for hydroxylation is 1. The Morgan fingerprint density at radius 2 is 1.65 bits per heavy atom. The second-order valence-electron chi connectivity index (χ2n) is 4.19. The van der Waals surface area contributed by atoms with Gasteiger partial charge in [-0.25, -0.2) is 8.42 Å². The summed E-state index contributed by atoms with van der Waals surface area (Å²) in [6, 6.07) is 6.42. The Bertz CT molecular complexity index is 502. The molecule has 1 N–H and O–H groups in total. The second-order valence-corrected chi connectivity index (χ2v) is 6.50. The number of carbonyl (C=O) groups is 1. The fraction of sp³-hybridized carbons (Fsp3) is 0.417. The summed E-state index contributed by atoms with van der Waals surface area (Å²) in [6.45, 7) is 4.69. The molecule has 1 aromatic rings. The zero-order valence-corrected chi connectivity index (χ0v) is 10.9. The van der Waals surface area contributed by atoms with Gasteiger partial charge in [0, 0.05) is 0 Å². The highest BCUT2D eigenvalue weighted by Crippen LogP contribution is 2.21. The van der Waals surface area contributed by atoms with E-state index in [1.54, 1.807) is 12.1 Å². The Kier molecular flexibility index (Phi) is 3.93. The van der Waals surface area contributed by atoms with Crippen molar-refractivity contribution in [2.75, 3.05) is 0 Å². The van der Waals surface area contributed by atoms with E-state index in [-0.39, 0.29) is 4.90 Å². The molecule has 1 aromatic carbocycles. The average molecular weight is 256 g/mol. The molecule has 17 heavy (non-hydrogen) atoms. The van der Waals surface area contributed by atoms with Gasteiger partial charge in [0.05, 0.1) is 16.1 Å². The highest BCUT2D eigenvalue weighted by molar-refractivity contribution is 7.92. The lowest BCUT2D eigenvalue weighted by molar-refractivity contribution is -0.141. The van der Waals surface area contributed by atoms with E-state index >= 15 is 0 Å². The van der Waals surface area contributed by atoms with Crippen LogP contribution in [-0.2, 0) is 14.6 Å². The average Bonchev–Trinajstić information content (AvgIpc) is 2.27. The zero-order chi connectivity index (χ0) is 13.2. The second kappa shape index (κ2) is 4.87. The molecule has 0 radical (unpaired) electrons. The van der Waals surface area contributed by atoms with E-state index in [4.69, 9.17) is 5.11 Å². The number of sulfone groups is 1. The van der Waals surface area contributed by atoms with Crippen LogP contribution < -0.4 is 0 Å². The zero-order valence-electron chi connectivity index (χ0n) is 10.0. The lowest BCUT2D eigenvalue weighted by atomic mass is 10.1. The molecule has 0 aromatic heterocycles. The number of aliphatic carboxylic acids is 1. The Hall–Kier alpha value is -1.36. The lowest BCUT2D eigenvalue weighted by Crippen LogP contribution is -2.30. The van der Waals surface area contributed by atoms with Gasteiger partial charge in [-0.15, -0.1) is 0 Å². The van der Waals surface area contributed by atoms with Crippen LogP contribution in [0.4, 0.5) is 0 Å².